The van der Waals surface area contributed by atoms with Gasteiger partial charge in [0.05, 0.1) is 16.9 Å². The van der Waals surface area contributed by atoms with Crippen molar-refractivity contribution in [2.24, 2.45) is 0 Å². The van der Waals surface area contributed by atoms with Gasteiger partial charge >= 0.3 is 0 Å². The Labute approximate surface area is 202 Å². The molecule has 166 valence electrons. The van der Waals surface area contributed by atoms with Crippen LogP contribution in [0.15, 0.2) is 72.4 Å². The zero-order valence-corrected chi connectivity index (χ0v) is 19.6. The first-order valence-corrected chi connectivity index (χ1v) is 11.5. The average molecular weight is 464 g/mol. The Kier molecular flexibility index (Phi) is 6.68. The average Bonchev–Trinajstić information content (AvgIpc) is 3.43. The van der Waals surface area contributed by atoms with Crippen LogP contribution in [0.25, 0.3) is 23.0 Å². The number of carbonyl (C=O) groups excluding carboxylic acids is 1. The van der Waals surface area contributed by atoms with E-state index in [1.54, 1.807) is 10.9 Å². The van der Waals surface area contributed by atoms with Gasteiger partial charge in [0.15, 0.2) is 0 Å². The van der Waals surface area contributed by atoms with Gasteiger partial charge in [0.2, 0.25) is 0 Å². The summed E-state index contributed by atoms with van der Waals surface area (Å²) in [5.74, 6) is -0.561. The van der Waals surface area contributed by atoms with E-state index in [4.69, 9.17) is 5.10 Å². The molecule has 0 unspecified atom stereocenters. The van der Waals surface area contributed by atoms with E-state index in [9.17, 15) is 15.3 Å². The van der Waals surface area contributed by atoms with E-state index < -0.39 is 5.91 Å². The molecule has 0 aliphatic heterocycles. The molecule has 0 aliphatic rings. The normalized spacial score (nSPS) is 11.0. The fourth-order valence-corrected chi connectivity index (χ4v) is 4.80. The van der Waals surface area contributed by atoms with E-state index in [0.717, 1.165) is 21.7 Å². The summed E-state index contributed by atoms with van der Waals surface area (Å²) in [6.45, 7) is 3.89. The van der Waals surface area contributed by atoms with Crippen LogP contribution in [0.2, 0.25) is 0 Å². The molecule has 6 nitrogen and oxygen atoms in total. The molecule has 7 heteroatoms. The van der Waals surface area contributed by atoms with Crippen LogP contribution in [0.4, 0.5) is 5.00 Å². The van der Waals surface area contributed by atoms with Gasteiger partial charge in [0.25, 0.3) is 5.91 Å². The van der Waals surface area contributed by atoms with Crippen LogP contribution in [0, 0.1) is 29.6 Å². The number of para-hydroxylation sites is 1. The second-order valence-corrected chi connectivity index (χ2v) is 8.73. The van der Waals surface area contributed by atoms with Crippen LogP contribution in [0.1, 0.15) is 28.5 Å². The van der Waals surface area contributed by atoms with Crippen LogP contribution < -0.4 is 5.32 Å². The Hall–Kier alpha value is -4.46. The lowest BCUT2D eigenvalue weighted by molar-refractivity contribution is -0.112. The minimum Gasteiger partial charge on any atom is -0.312 e. The summed E-state index contributed by atoms with van der Waals surface area (Å²) in [5.41, 5.74) is 4.33. The third-order valence-electron chi connectivity index (χ3n) is 5.38. The summed E-state index contributed by atoms with van der Waals surface area (Å²) in [4.78, 5) is 14.0. The van der Waals surface area contributed by atoms with Crippen molar-refractivity contribution in [1.82, 2.24) is 9.78 Å². The molecule has 4 aromatic rings. The summed E-state index contributed by atoms with van der Waals surface area (Å²) in [6, 6.07) is 23.4. The molecule has 2 heterocycles. The third kappa shape index (κ3) is 4.52. The number of hydrogen-bond donors (Lipinski definition) is 1. The fourth-order valence-electron chi connectivity index (χ4n) is 3.71. The minimum absolute atomic E-state index is 0.0715. The Bertz CT molecular complexity index is 1450. The van der Waals surface area contributed by atoms with Crippen molar-refractivity contribution < 1.29 is 4.79 Å². The first kappa shape index (κ1) is 22.7. The van der Waals surface area contributed by atoms with E-state index in [2.05, 4.69) is 11.4 Å². The van der Waals surface area contributed by atoms with Gasteiger partial charge in [0, 0.05) is 22.2 Å². The summed E-state index contributed by atoms with van der Waals surface area (Å²) >= 11 is 1.35. The Balaban J connectivity index is 1.75. The van der Waals surface area contributed by atoms with Crippen LogP contribution in [-0.4, -0.2) is 15.7 Å². The number of benzene rings is 2. The molecule has 2 aromatic heterocycles. The summed E-state index contributed by atoms with van der Waals surface area (Å²) < 4.78 is 1.73. The number of rotatable bonds is 6. The Morgan fingerprint density at radius 2 is 1.79 bits per heavy atom. The van der Waals surface area contributed by atoms with Gasteiger partial charge in [-0.05, 0) is 37.1 Å². The molecule has 0 saturated heterocycles. The van der Waals surface area contributed by atoms with Crippen molar-refractivity contribution in [3.8, 4) is 29.1 Å². The highest BCUT2D eigenvalue weighted by Crippen LogP contribution is 2.33. The van der Waals surface area contributed by atoms with Gasteiger partial charge < -0.3 is 5.32 Å². The van der Waals surface area contributed by atoms with Crippen LogP contribution in [0.5, 0.6) is 0 Å². The van der Waals surface area contributed by atoms with Crippen molar-refractivity contribution in [2.45, 2.75) is 20.3 Å². The van der Waals surface area contributed by atoms with Gasteiger partial charge in [-0.25, -0.2) is 4.68 Å². The lowest BCUT2D eigenvalue weighted by Crippen LogP contribution is -2.13. The molecule has 0 saturated carbocycles. The molecule has 2 aromatic carbocycles. The molecule has 0 atom stereocenters. The van der Waals surface area contributed by atoms with Crippen LogP contribution >= 0.6 is 11.3 Å². The van der Waals surface area contributed by atoms with Gasteiger partial charge in [-0.3, -0.25) is 4.79 Å². The molecular weight excluding hydrogens is 442 g/mol. The number of aromatic nitrogens is 2. The number of anilines is 1. The molecule has 34 heavy (non-hydrogen) atoms. The maximum absolute atomic E-state index is 13.0. The van der Waals surface area contributed by atoms with E-state index in [-0.39, 0.29) is 5.57 Å². The topological polar surface area (TPSA) is 94.5 Å². The lowest BCUT2D eigenvalue weighted by Gasteiger charge is -2.03. The highest BCUT2D eigenvalue weighted by Gasteiger charge is 2.19. The molecular formula is C27H21N5OS. The van der Waals surface area contributed by atoms with Crippen molar-refractivity contribution in [1.29, 1.82) is 10.5 Å². The third-order valence-corrected chi connectivity index (χ3v) is 6.44. The molecule has 0 radical (unpaired) electrons. The zero-order chi connectivity index (χ0) is 24.1. The van der Waals surface area contributed by atoms with Gasteiger partial charge in [-0.15, -0.1) is 11.3 Å². The summed E-state index contributed by atoms with van der Waals surface area (Å²) in [7, 11) is 0. The lowest BCUT2D eigenvalue weighted by atomic mass is 10.1. The standard InChI is InChI=1S/C27H21N5OS/c1-3-23-18(2)34-27(24(23)16-29)30-26(33)20(15-28)14-21-17-32(22-12-8-5-9-13-22)31-25(21)19-10-6-4-7-11-19/h4-14,17H,3H2,1-2H3,(H,30,33)/b20-14+. The predicted octanol–water partition coefficient (Wildman–Crippen LogP) is 5.89. The quantitative estimate of drug-likeness (QED) is 0.285. The smallest absolute Gasteiger partial charge is 0.266 e. The van der Waals surface area contributed by atoms with Crippen LogP contribution in [-0.2, 0) is 11.2 Å². The van der Waals surface area contributed by atoms with Crippen molar-refractivity contribution in [2.75, 3.05) is 5.32 Å². The van der Waals surface area contributed by atoms with Crippen molar-refractivity contribution in [3.05, 3.63) is 94.0 Å². The molecule has 4 rings (SSSR count). The summed E-state index contributed by atoms with van der Waals surface area (Å²) in [5, 5.41) is 27.3. The monoisotopic (exact) mass is 463 g/mol. The Morgan fingerprint density at radius 3 is 2.41 bits per heavy atom. The fraction of sp³-hybridized carbons (Fsp3) is 0.111. The van der Waals surface area contributed by atoms with Crippen LogP contribution in [0.3, 0.4) is 0 Å². The predicted molar refractivity (Wildman–Crippen MR) is 134 cm³/mol. The molecule has 1 amide bonds. The number of nitrogens with zero attached hydrogens (tertiary/aromatic N) is 4. The molecule has 0 spiro atoms. The number of carbonyl (C=O) groups is 1. The highest BCUT2D eigenvalue weighted by atomic mass is 32.1. The number of amides is 1. The van der Waals surface area contributed by atoms with Gasteiger partial charge in [0.1, 0.15) is 22.7 Å². The Morgan fingerprint density at radius 1 is 1.12 bits per heavy atom. The zero-order valence-electron chi connectivity index (χ0n) is 18.7. The number of thiophene rings is 1. The number of nitrogens with one attached hydrogen (secondary N) is 1. The maximum Gasteiger partial charge on any atom is 0.266 e. The maximum atomic E-state index is 13.0. The number of hydrogen-bond acceptors (Lipinski definition) is 5. The van der Waals surface area contributed by atoms with Gasteiger partial charge in [-0.1, -0.05) is 55.5 Å². The number of nitriles is 2. The SMILES string of the molecule is CCc1c(C)sc(NC(=O)/C(C#N)=C/c2cn(-c3ccccc3)nc2-c2ccccc2)c1C#N. The van der Waals surface area contributed by atoms with E-state index in [1.165, 1.54) is 17.4 Å². The second kappa shape index (κ2) is 9.99. The van der Waals surface area contributed by atoms with Gasteiger partial charge in [-0.2, -0.15) is 15.6 Å². The number of aryl methyl sites for hydroxylation is 1. The van der Waals surface area contributed by atoms with E-state index >= 15 is 0 Å². The van der Waals surface area contributed by atoms with E-state index in [1.807, 2.05) is 80.6 Å². The summed E-state index contributed by atoms with van der Waals surface area (Å²) in [6.07, 6.45) is 4.03. The second-order valence-electron chi connectivity index (χ2n) is 7.51. The van der Waals surface area contributed by atoms with Crippen molar-refractivity contribution in [3.63, 3.8) is 0 Å². The molecule has 0 fully saturated rings. The molecule has 0 aliphatic carbocycles. The molecule has 0 bridgehead atoms. The molecule has 1 N–H and O–H groups in total. The highest BCUT2D eigenvalue weighted by molar-refractivity contribution is 7.16. The van der Waals surface area contributed by atoms with E-state index in [0.29, 0.717) is 28.2 Å². The first-order valence-electron chi connectivity index (χ1n) is 10.7. The van der Waals surface area contributed by atoms with Crippen molar-refractivity contribution >= 4 is 28.3 Å². The largest absolute Gasteiger partial charge is 0.312 e. The minimum atomic E-state index is -0.561. The first-order chi connectivity index (χ1) is 16.5.